The van der Waals surface area contributed by atoms with Crippen molar-refractivity contribution in [1.82, 2.24) is 0 Å². The minimum Gasteiger partial charge on any atom is -0.268 e. The van der Waals surface area contributed by atoms with E-state index in [-0.39, 0.29) is 5.91 Å². The smallest absolute Gasteiger partial charge is 0.268 e. The second-order valence-electron chi connectivity index (χ2n) is 4.41. The van der Waals surface area contributed by atoms with Gasteiger partial charge in [0.2, 0.25) is 0 Å². The van der Waals surface area contributed by atoms with Gasteiger partial charge in [-0.3, -0.25) is 9.69 Å². The van der Waals surface area contributed by atoms with Crippen LogP contribution in [0.3, 0.4) is 0 Å². The Morgan fingerprint density at radius 1 is 1.10 bits per heavy atom. The first kappa shape index (κ1) is 14.5. The number of hydrogen-bond donors (Lipinski definition) is 0. The third-order valence-electron chi connectivity index (χ3n) is 2.95. The Bertz CT molecular complexity index is 743. The Labute approximate surface area is 141 Å². The average Bonchev–Trinajstić information content (AvgIpc) is 2.74. The van der Waals surface area contributed by atoms with Gasteiger partial charge in [-0.25, -0.2) is 0 Å². The molecule has 3 rings (SSSR count). The lowest BCUT2D eigenvalue weighted by Crippen LogP contribution is -2.27. The van der Waals surface area contributed by atoms with Crippen molar-refractivity contribution in [3.63, 3.8) is 0 Å². The third kappa shape index (κ3) is 3.10. The minimum absolute atomic E-state index is 0.0730. The molecular weight excluding hydrogens is 366 g/mol. The highest BCUT2D eigenvalue weighted by Gasteiger charge is 2.33. The first-order chi connectivity index (χ1) is 10.1. The number of halogens is 1. The van der Waals surface area contributed by atoms with E-state index in [2.05, 4.69) is 15.9 Å². The molecule has 1 fully saturated rings. The van der Waals surface area contributed by atoms with E-state index in [0.29, 0.717) is 9.23 Å². The summed E-state index contributed by atoms with van der Waals surface area (Å²) in [5.74, 6) is -0.0730. The molecule has 0 saturated carbocycles. The fraction of sp³-hybridized carbons (Fsp3) is 0. The molecule has 21 heavy (non-hydrogen) atoms. The highest BCUT2D eigenvalue weighted by atomic mass is 79.9. The van der Waals surface area contributed by atoms with Gasteiger partial charge in [0.15, 0.2) is 4.32 Å². The molecule has 0 unspecified atom stereocenters. The second kappa shape index (κ2) is 6.13. The van der Waals surface area contributed by atoms with Crippen molar-refractivity contribution in [3.8, 4) is 0 Å². The lowest BCUT2D eigenvalue weighted by atomic mass is 10.2. The molecule has 2 aromatic carbocycles. The lowest BCUT2D eigenvalue weighted by Gasteiger charge is -2.13. The van der Waals surface area contributed by atoms with Crippen molar-refractivity contribution in [2.45, 2.75) is 0 Å². The van der Waals surface area contributed by atoms with Crippen LogP contribution < -0.4 is 4.90 Å². The van der Waals surface area contributed by atoms with Crippen LogP contribution in [0.15, 0.2) is 64.0 Å². The number of amides is 1. The van der Waals surface area contributed by atoms with Crippen molar-refractivity contribution in [3.05, 3.63) is 69.5 Å². The Kier molecular flexibility index (Phi) is 4.24. The molecule has 1 aliphatic rings. The summed E-state index contributed by atoms with van der Waals surface area (Å²) >= 11 is 10.1. The van der Waals surface area contributed by atoms with E-state index in [1.54, 1.807) is 4.90 Å². The Morgan fingerprint density at radius 2 is 1.86 bits per heavy atom. The van der Waals surface area contributed by atoms with Crippen LogP contribution >= 0.6 is 39.9 Å². The zero-order valence-corrected chi connectivity index (χ0v) is 14.0. The maximum absolute atomic E-state index is 12.5. The van der Waals surface area contributed by atoms with Gasteiger partial charge in [-0.2, -0.15) is 0 Å². The zero-order valence-electron chi connectivity index (χ0n) is 10.8. The summed E-state index contributed by atoms with van der Waals surface area (Å²) in [5, 5.41) is 0. The van der Waals surface area contributed by atoms with Crippen LogP contribution in [-0.2, 0) is 4.79 Å². The summed E-state index contributed by atoms with van der Waals surface area (Å²) in [6.45, 7) is 0. The van der Waals surface area contributed by atoms with Gasteiger partial charge < -0.3 is 0 Å². The standard InChI is InChI=1S/C16H10BrNOS2/c17-12-6-4-5-11(9-12)10-14-15(19)18(16(20)21-14)13-7-2-1-3-8-13/h1-10H/b14-10-. The summed E-state index contributed by atoms with van der Waals surface area (Å²) in [5.41, 5.74) is 1.77. The predicted molar refractivity (Wildman–Crippen MR) is 96.2 cm³/mol. The fourth-order valence-electron chi connectivity index (χ4n) is 2.02. The SMILES string of the molecule is O=C1/C(=C/c2cccc(Br)c2)SC(=S)N1c1ccccc1. The number of thioether (sulfide) groups is 1. The number of hydrogen-bond acceptors (Lipinski definition) is 3. The summed E-state index contributed by atoms with van der Waals surface area (Å²) in [4.78, 5) is 14.8. The molecule has 0 aliphatic carbocycles. The number of nitrogens with zero attached hydrogens (tertiary/aromatic N) is 1. The fourth-order valence-corrected chi connectivity index (χ4v) is 3.73. The van der Waals surface area contributed by atoms with Gasteiger partial charge >= 0.3 is 0 Å². The highest BCUT2D eigenvalue weighted by molar-refractivity contribution is 9.10. The normalized spacial score (nSPS) is 16.8. The monoisotopic (exact) mass is 375 g/mol. The molecule has 0 aromatic heterocycles. The van der Waals surface area contributed by atoms with Crippen LogP contribution in [0.25, 0.3) is 6.08 Å². The molecule has 104 valence electrons. The molecule has 5 heteroatoms. The summed E-state index contributed by atoms with van der Waals surface area (Å²) in [7, 11) is 0. The third-order valence-corrected chi connectivity index (χ3v) is 4.75. The Hall–Kier alpha value is -1.43. The average molecular weight is 376 g/mol. The Balaban J connectivity index is 1.94. The van der Waals surface area contributed by atoms with Crippen LogP contribution in [0.4, 0.5) is 5.69 Å². The molecule has 1 heterocycles. The number of thiocarbonyl (C=S) groups is 1. The van der Waals surface area contributed by atoms with E-state index >= 15 is 0 Å². The van der Waals surface area contributed by atoms with Crippen LogP contribution in [0, 0.1) is 0 Å². The number of carbonyl (C=O) groups is 1. The van der Waals surface area contributed by atoms with Crippen molar-refractivity contribution in [2.24, 2.45) is 0 Å². The predicted octanol–water partition coefficient (Wildman–Crippen LogP) is 4.85. The Morgan fingerprint density at radius 3 is 2.57 bits per heavy atom. The van der Waals surface area contributed by atoms with E-state index in [0.717, 1.165) is 15.7 Å². The molecule has 2 nitrogen and oxygen atoms in total. The maximum atomic E-state index is 12.5. The van der Waals surface area contributed by atoms with E-state index in [4.69, 9.17) is 12.2 Å². The first-order valence-corrected chi connectivity index (χ1v) is 8.25. The van der Waals surface area contributed by atoms with Crippen molar-refractivity contribution in [1.29, 1.82) is 0 Å². The van der Waals surface area contributed by atoms with E-state index < -0.39 is 0 Å². The molecule has 1 saturated heterocycles. The molecule has 0 spiro atoms. The number of rotatable bonds is 2. The van der Waals surface area contributed by atoms with Gasteiger partial charge in [0, 0.05) is 4.47 Å². The van der Waals surface area contributed by atoms with E-state index in [9.17, 15) is 4.79 Å². The molecular formula is C16H10BrNOS2. The van der Waals surface area contributed by atoms with Crippen LogP contribution in [0.2, 0.25) is 0 Å². The van der Waals surface area contributed by atoms with Crippen molar-refractivity contribution in [2.75, 3.05) is 4.90 Å². The van der Waals surface area contributed by atoms with E-state index in [1.165, 1.54) is 11.8 Å². The number of anilines is 1. The summed E-state index contributed by atoms with van der Waals surface area (Å²) < 4.78 is 1.54. The number of para-hydroxylation sites is 1. The topological polar surface area (TPSA) is 20.3 Å². The molecule has 0 atom stereocenters. The quantitative estimate of drug-likeness (QED) is 0.552. The molecule has 0 N–H and O–H groups in total. The minimum atomic E-state index is -0.0730. The second-order valence-corrected chi connectivity index (χ2v) is 7.00. The van der Waals surface area contributed by atoms with Gasteiger partial charge in [-0.05, 0) is 35.9 Å². The largest absolute Gasteiger partial charge is 0.270 e. The lowest BCUT2D eigenvalue weighted by molar-refractivity contribution is -0.113. The molecule has 2 aromatic rings. The molecule has 0 bridgehead atoms. The zero-order chi connectivity index (χ0) is 14.8. The molecule has 1 amide bonds. The summed E-state index contributed by atoms with van der Waals surface area (Å²) in [6, 6.07) is 17.3. The van der Waals surface area contributed by atoms with Gasteiger partial charge in [-0.15, -0.1) is 0 Å². The maximum Gasteiger partial charge on any atom is 0.270 e. The number of benzene rings is 2. The highest BCUT2D eigenvalue weighted by Crippen LogP contribution is 2.35. The van der Waals surface area contributed by atoms with Gasteiger partial charge in [0.05, 0.1) is 10.6 Å². The van der Waals surface area contributed by atoms with E-state index in [1.807, 2.05) is 60.7 Å². The van der Waals surface area contributed by atoms with Crippen LogP contribution in [0.5, 0.6) is 0 Å². The van der Waals surface area contributed by atoms with Crippen LogP contribution in [0.1, 0.15) is 5.56 Å². The summed E-state index contributed by atoms with van der Waals surface area (Å²) in [6.07, 6.45) is 1.87. The molecule has 0 radical (unpaired) electrons. The van der Waals surface area contributed by atoms with Gasteiger partial charge in [-0.1, -0.05) is 70.2 Å². The van der Waals surface area contributed by atoms with Crippen molar-refractivity contribution < 1.29 is 4.79 Å². The van der Waals surface area contributed by atoms with Gasteiger partial charge in [0.1, 0.15) is 0 Å². The van der Waals surface area contributed by atoms with Crippen LogP contribution in [-0.4, -0.2) is 10.2 Å². The first-order valence-electron chi connectivity index (χ1n) is 6.24. The molecule has 1 aliphatic heterocycles. The van der Waals surface area contributed by atoms with Gasteiger partial charge in [0.25, 0.3) is 5.91 Å². The number of carbonyl (C=O) groups excluding carboxylic acids is 1. The van der Waals surface area contributed by atoms with Crippen molar-refractivity contribution >= 4 is 61.9 Å².